The Morgan fingerprint density at radius 1 is 1.23 bits per heavy atom. The molecule has 1 aromatic carbocycles. The van der Waals surface area contributed by atoms with Gasteiger partial charge in [0.15, 0.2) is 0 Å². The van der Waals surface area contributed by atoms with E-state index in [1.165, 1.54) is 22.3 Å². The van der Waals surface area contributed by atoms with Crippen LogP contribution >= 0.6 is 40.5 Å². The molecule has 0 spiro atoms. The Hall–Kier alpha value is -0.140. The van der Waals surface area contributed by atoms with Crippen molar-refractivity contribution in [1.29, 1.82) is 0 Å². The Kier molecular flexibility index (Phi) is 12.9. The lowest BCUT2D eigenvalue weighted by atomic mass is 9.61. The van der Waals surface area contributed by atoms with E-state index < -0.39 is 6.67 Å². The van der Waals surface area contributed by atoms with E-state index in [1.807, 2.05) is 0 Å². The standard InChI is InChI=1S/C25H38FNO.3H2S/c1-17(2)10-22-15-27-9-7-21-11-19(4)20(5)12-23(21)24(27)13-25(22,16-28)8-6-18(3)14-26;;;/h11-12,17,22,24,28H,3,6-10,13-16H2,1-2,4-5H3;3*1H2/t22-,24-,25+;;;/m0.../s1/i26-1;;;. The molecule has 6 heteroatoms. The van der Waals surface area contributed by atoms with E-state index in [0.29, 0.717) is 29.9 Å². The third-order valence-corrected chi connectivity index (χ3v) is 7.38. The van der Waals surface area contributed by atoms with Crippen LogP contribution in [0.5, 0.6) is 0 Å². The van der Waals surface area contributed by atoms with Gasteiger partial charge in [0.25, 0.3) is 0 Å². The molecule has 1 saturated heterocycles. The molecule has 31 heavy (non-hydrogen) atoms. The third kappa shape index (κ3) is 6.69. The molecule has 2 heterocycles. The highest BCUT2D eigenvalue weighted by Crippen LogP contribution is 2.52. The smallest absolute Gasteiger partial charge is 0.110 e. The summed E-state index contributed by atoms with van der Waals surface area (Å²) in [6, 6.07) is 5.12. The number of benzene rings is 1. The number of aliphatic hydroxyl groups is 1. The number of aliphatic hydroxyl groups excluding tert-OH is 1. The minimum Gasteiger partial charge on any atom is -0.396 e. The lowest BCUT2D eigenvalue weighted by molar-refractivity contribution is -0.0600. The number of nitrogens with zero attached hydrogens (tertiary/aromatic N) is 1. The predicted octanol–water partition coefficient (Wildman–Crippen LogP) is 5.89. The molecule has 0 amide bonds. The highest BCUT2D eigenvalue weighted by Gasteiger charge is 2.47. The molecule has 0 unspecified atom stereocenters. The molecule has 1 N–H and O–H groups in total. The first-order valence-electron chi connectivity index (χ1n) is 11.0. The van der Waals surface area contributed by atoms with E-state index in [4.69, 9.17) is 0 Å². The van der Waals surface area contributed by atoms with Crippen LogP contribution in [0.4, 0.5) is 4.39 Å². The number of fused-ring (bicyclic) bond motifs is 3. The fourth-order valence-electron chi connectivity index (χ4n) is 5.49. The van der Waals surface area contributed by atoms with Crippen molar-refractivity contribution in [1.82, 2.24) is 4.90 Å². The zero-order valence-electron chi connectivity index (χ0n) is 19.7. The maximum atomic E-state index is 13.1. The number of piperidine rings is 1. The SMILES string of the molecule is C=C(C[18F])CC[C@]1(CO)C[C@H]2c3cc(C)c(C)cc3CCN2C[C@@H]1CC(C)C.S.S.S. The number of alkyl halides is 1. The van der Waals surface area contributed by atoms with Crippen LogP contribution in [0, 0.1) is 31.1 Å². The van der Waals surface area contributed by atoms with Crippen molar-refractivity contribution in [3.05, 3.63) is 46.5 Å². The van der Waals surface area contributed by atoms with Crippen molar-refractivity contribution in [2.24, 2.45) is 17.3 Å². The molecule has 2 aliphatic rings. The van der Waals surface area contributed by atoms with Gasteiger partial charge in [-0.1, -0.05) is 32.6 Å². The molecule has 0 aromatic heterocycles. The molecule has 2 nitrogen and oxygen atoms in total. The van der Waals surface area contributed by atoms with Crippen molar-refractivity contribution < 1.29 is 9.50 Å². The van der Waals surface area contributed by atoms with E-state index in [1.54, 1.807) is 0 Å². The summed E-state index contributed by atoms with van der Waals surface area (Å²) in [5.74, 6) is 1.05. The van der Waals surface area contributed by atoms with Crippen LogP contribution in [-0.2, 0) is 6.42 Å². The molecule has 3 rings (SSSR count). The van der Waals surface area contributed by atoms with Gasteiger partial charge in [0.1, 0.15) is 6.67 Å². The summed E-state index contributed by atoms with van der Waals surface area (Å²) in [7, 11) is 0. The Labute approximate surface area is 210 Å². The molecule has 0 radical (unpaired) electrons. The predicted molar refractivity (Wildman–Crippen MR) is 147 cm³/mol. The zero-order valence-corrected chi connectivity index (χ0v) is 22.7. The highest BCUT2D eigenvalue weighted by atomic mass is 32.1. The van der Waals surface area contributed by atoms with Crippen LogP contribution < -0.4 is 0 Å². The van der Waals surface area contributed by atoms with Gasteiger partial charge in [-0.2, -0.15) is 40.5 Å². The van der Waals surface area contributed by atoms with Gasteiger partial charge < -0.3 is 5.11 Å². The number of allylic oxidation sites excluding steroid dienone is 1. The number of hydrogen-bond donors (Lipinski definition) is 1. The normalized spacial score (nSPS) is 24.9. The molecular formula is C25H44FNOS3. The first kappa shape index (κ1) is 30.9. The summed E-state index contributed by atoms with van der Waals surface area (Å²) in [5.41, 5.74) is 6.18. The molecule has 0 bridgehead atoms. The van der Waals surface area contributed by atoms with Gasteiger partial charge in [-0.05, 0) is 91.0 Å². The van der Waals surface area contributed by atoms with Gasteiger partial charge in [0.2, 0.25) is 0 Å². The average molecular weight is 489 g/mol. The van der Waals surface area contributed by atoms with Gasteiger partial charge in [0.05, 0.1) is 0 Å². The average Bonchev–Trinajstić information content (AvgIpc) is 2.67. The second kappa shape index (κ2) is 12.9. The number of hydrogen-bond acceptors (Lipinski definition) is 2. The van der Waals surface area contributed by atoms with Crippen molar-refractivity contribution in [3.8, 4) is 0 Å². The maximum Gasteiger partial charge on any atom is 0.110 e. The topological polar surface area (TPSA) is 23.5 Å². The molecule has 1 fully saturated rings. The maximum absolute atomic E-state index is 13.1. The van der Waals surface area contributed by atoms with E-state index in [0.717, 1.165) is 38.8 Å². The Morgan fingerprint density at radius 3 is 2.45 bits per heavy atom. The van der Waals surface area contributed by atoms with Crippen LogP contribution in [0.25, 0.3) is 0 Å². The molecule has 3 atom stereocenters. The number of aryl methyl sites for hydroxylation is 2. The Bertz CT molecular complexity index is 727. The highest BCUT2D eigenvalue weighted by molar-refractivity contribution is 7.59. The molecule has 180 valence electrons. The molecule has 2 aliphatic heterocycles. The molecular weight excluding hydrogens is 444 g/mol. The van der Waals surface area contributed by atoms with Crippen molar-refractivity contribution >= 4 is 40.5 Å². The monoisotopic (exact) mass is 488 g/mol. The number of halogens is 1. The van der Waals surface area contributed by atoms with E-state index in [9.17, 15) is 9.50 Å². The Balaban J connectivity index is 0.00000300. The van der Waals surface area contributed by atoms with Crippen LogP contribution in [0.2, 0.25) is 0 Å². The summed E-state index contributed by atoms with van der Waals surface area (Å²) < 4.78 is 13.1. The molecule has 0 aliphatic carbocycles. The summed E-state index contributed by atoms with van der Waals surface area (Å²) in [6.45, 7) is 14.7. The molecule has 1 aromatic rings. The quantitative estimate of drug-likeness (QED) is 0.484. The second-order valence-electron chi connectivity index (χ2n) is 9.83. The van der Waals surface area contributed by atoms with Gasteiger partial charge in [-0.3, -0.25) is 4.90 Å². The summed E-state index contributed by atoms with van der Waals surface area (Å²) in [4.78, 5) is 2.65. The lowest BCUT2D eigenvalue weighted by Gasteiger charge is -2.54. The van der Waals surface area contributed by atoms with Crippen molar-refractivity contribution in [3.63, 3.8) is 0 Å². The lowest BCUT2D eigenvalue weighted by Crippen LogP contribution is -2.53. The van der Waals surface area contributed by atoms with Crippen LogP contribution in [0.15, 0.2) is 24.3 Å². The van der Waals surface area contributed by atoms with Gasteiger partial charge in [-0.15, -0.1) is 0 Å². The van der Waals surface area contributed by atoms with Gasteiger partial charge >= 0.3 is 0 Å². The summed E-state index contributed by atoms with van der Waals surface area (Å²) in [6.07, 6.45) is 4.72. The minimum atomic E-state index is -0.451. The first-order valence-corrected chi connectivity index (χ1v) is 11.0. The van der Waals surface area contributed by atoms with Crippen LogP contribution in [0.3, 0.4) is 0 Å². The largest absolute Gasteiger partial charge is 0.396 e. The summed E-state index contributed by atoms with van der Waals surface area (Å²) in [5, 5.41) is 10.6. The van der Waals surface area contributed by atoms with Gasteiger partial charge in [0, 0.05) is 25.7 Å². The second-order valence-corrected chi connectivity index (χ2v) is 9.83. The van der Waals surface area contributed by atoms with Crippen LogP contribution in [0.1, 0.15) is 67.8 Å². The van der Waals surface area contributed by atoms with Crippen molar-refractivity contribution in [2.45, 2.75) is 65.8 Å². The van der Waals surface area contributed by atoms with Crippen molar-refractivity contribution in [2.75, 3.05) is 26.4 Å². The van der Waals surface area contributed by atoms with E-state index in [-0.39, 0.29) is 52.5 Å². The Morgan fingerprint density at radius 2 is 1.87 bits per heavy atom. The fourth-order valence-corrected chi connectivity index (χ4v) is 5.49. The number of rotatable bonds is 7. The third-order valence-electron chi connectivity index (χ3n) is 7.38. The molecule has 0 saturated carbocycles. The zero-order chi connectivity index (χ0) is 20.5. The first-order chi connectivity index (χ1) is 13.3. The summed E-state index contributed by atoms with van der Waals surface area (Å²) >= 11 is 0. The minimum absolute atomic E-state index is 0. The van der Waals surface area contributed by atoms with E-state index >= 15 is 0 Å². The van der Waals surface area contributed by atoms with Crippen LogP contribution in [-0.4, -0.2) is 36.4 Å². The van der Waals surface area contributed by atoms with Gasteiger partial charge in [-0.25, -0.2) is 4.39 Å². The van der Waals surface area contributed by atoms with E-state index in [2.05, 4.69) is 51.3 Å². The fraction of sp³-hybridized carbons (Fsp3) is 0.680.